The largest absolute Gasteiger partial charge is 0.506 e. The number of hydrogen-bond donors (Lipinski definition) is 3. The summed E-state index contributed by atoms with van der Waals surface area (Å²) in [6.07, 6.45) is -3.64. The predicted octanol–water partition coefficient (Wildman–Crippen LogP) is 3.69. The molecule has 0 saturated heterocycles. The van der Waals surface area contributed by atoms with E-state index in [9.17, 15) is 31.5 Å². The lowest BCUT2D eigenvalue weighted by Gasteiger charge is -2.09. The highest BCUT2D eigenvalue weighted by Gasteiger charge is 2.30. The van der Waals surface area contributed by atoms with E-state index in [1.165, 1.54) is 36.4 Å². The van der Waals surface area contributed by atoms with Crippen molar-refractivity contribution in [1.82, 2.24) is 5.16 Å². The van der Waals surface area contributed by atoms with Gasteiger partial charge in [-0.05, 0) is 30.3 Å². The lowest BCUT2D eigenvalue weighted by Crippen LogP contribution is -2.13. The summed E-state index contributed by atoms with van der Waals surface area (Å²) in [5.41, 5.74) is -1.03. The molecule has 0 unspecified atom stereocenters. The SMILES string of the molecule is CS(=O)(=O)Nc1cc(NC(=O)c2cc(-c3cccc(C(F)(F)F)c3)on2)ccc1O. The summed E-state index contributed by atoms with van der Waals surface area (Å²) in [5.74, 6) is -1.16. The van der Waals surface area contributed by atoms with Crippen LogP contribution in [-0.2, 0) is 16.2 Å². The summed E-state index contributed by atoms with van der Waals surface area (Å²) < 4.78 is 68.3. The van der Waals surface area contributed by atoms with Gasteiger partial charge in [0, 0.05) is 17.3 Å². The number of carbonyl (C=O) groups excluding carboxylic acids is 1. The maximum absolute atomic E-state index is 12.9. The minimum Gasteiger partial charge on any atom is -0.506 e. The van der Waals surface area contributed by atoms with Crippen LogP contribution < -0.4 is 10.0 Å². The fourth-order valence-electron chi connectivity index (χ4n) is 2.46. The van der Waals surface area contributed by atoms with Crippen LogP contribution in [0.3, 0.4) is 0 Å². The number of nitrogens with one attached hydrogen (secondary N) is 2. The molecule has 0 radical (unpaired) electrons. The molecule has 0 saturated carbocycles. The van der Waals surface area contributed by atoms with Crippen molar-refractivity contribution in [1.29, 1.82) is 0 Å². The van der Waals surface area contributed by atoms with E-state index >= 15 is 0 Å². The molecule has 3 N–H and O–H groups in total. The van der Waals surface area contributed by atoms with Gasteiger partial charge in [0.2, 0.25) is 10.0 Å². The number of aromatic hydroxyl groups is 1. The summed E-state index contributed by atoms with van der Waals surface area (Å²) in [6, 6.07) is 9.18. The van der Waals surface area contributed by atoms with Gasteiger partial charge in [-0.2, -0.15) is 13.2 Å². The molecule has 8 nitrogen and oxygen atoms in total. The van der Waals surface area contributed by atoms with Gasteiger partial charge in [0.1, 0.15) is 5.75 Å². The van der Waals surface area contributed by atoms with Gasteiger partial charge < -0.3 is 14.9 Å². The van der Waals surface area contributed by atoms with Crippen molar-refractivity contribution < 1.29 is 36.0 Å². The number of phenolic OH excluding ortho intramolecular Hbond substituents is 1. The van der Waals surface area contributed by atoms with Crippen LogP contribution in [0.1, 0.15) is 16.1 Å². The quantitative estimate of drug-likeness (QED) is 0.410. The van der Waals surface area contributed by atoms with E-state index in [2.05, 4.69) is 15.2 Å². The molecule has 12 heteroatoms. The first kappa shape index (κ1) is 21.2. The zero-order chi connectivity index (χ0) is 22.1. The van der Waals surface area contributed by atoms with Crippen molar-refractivity contribution >= 4 is 27.3 Å². The van der Waals surface area contributed by atoms with Gasteiger partial charge >= 0.3 is 6.18 Å². The standard InChI is InChI=1S/C18H14F3N3O5S/c1-30(27,28)24-13-8-12(5-6-15(13)25)22-17(26)14-9-16(29-23-14)10-3-2-4-11(7-10)18(19,20)21/h2-9,24-25H,1H3,(H,22,26). The van der Waals surface area contributed by atoms with Crippen molar-refractivity contribution in [3.8, 4) is 17.1 Å². The Bertz CT molecular complexity index is 1210. The minimum atomic E-state index is -4.53. The number of benzene rings is 2. The Morgan fingerprint density at radius 3 is 2.53 bits per heavy atom. The maximum Gasteiger partial charge on any atom is 0.416 e. The van der Waals surface area contributed by atoms with Crippen molar-refractivity contribution in [2.24, 2.45) is 0 Å². The van der Waals surface area contributed by atoms with Crippen LogP contribution in [0.5, 0.6) is 5.75 Å². The highest BCUT2D eigenvalue weighted by atomic mass is 32.2. The lowest BCUT2D eigenvalue weighted by molar-refractivity contribution is -0.137. The summed E-state index contributed by atoms with van der Waals surface area (Å²) >= 11 is 0. The summed E-state index contributed by atoms with van der Waals surface area (Å²) in [4.78, 5) is 12.4. The van der Waals surface area contributed by atoms with Crippen LogP contribution in [0.2, 0.25) is 0 Å². The van der Waals surface area contributed by atoms with Gasteiger partial charge in [-0.1, -0.05) is 17.3 Å². The average molecular weight is 441 g/mol. The third kappa shape index (κ3) is 5.08. The Kier molecular flexibility index (Phi) is 5.44. The fourth-order valence-corrected chi connectivity index (χ4v) is 3.02. The minimum absolute atomic E-state index is 0.0450. The topological polar surface area (TPSA) is 122 Å². The molecule has 1 aromatic heterocycles. The van der Waals surface area contributed by atoms with E-state index in [0.29, 0.717) is 0 Å². The second-order valence-electron chi connectivity index (χ2n) is 6.22. The van der Waals surface area contributed by atoms with Crippen molar-refractivity contribution in [2.75, 3.05) is 16.3 Å². The highest BCUT2D eigenvalue weighted by molar-refractivity contribution is 7.92. The number of alkyl halides is 3. The molecule has 3 rings (SSSR count). The number of carbonyl (C=O) groups is 1. The van der Waals surface area contributed by atoms with E-state index < -0.39 is 27.7 Å². The van der Waals surface area contributed by atoms with Crippen LogP contribution in [0, 0.1) is 0 Å². The van der Waals surface area contributed by atoms with E-state index in [1.54, 1.807) is 0 Å². The van der Waals surface area contributed by atoms with Crippen molar-refractivity contribution in [3.05, 3.63) is 59.8 Å². The van der Waals surface area contributed by atoms with Gasteiger partial charge in [-0.25, -0.2) is 8.42 Å². The van der Waals surface area contributed by atoms with Gasteiger partial charge in [0.15, 0.2) is 11.5 Å². The Morgan fingerprint density at radius 2 is 1.87 bits per heavy atom. The van der Waals surface area contributed by atoms with Gasteiger partial charge in [-0.3, -0.25) is 9.52 Å². The number of hydrogen-bond acceptors (Lipinski definition) is 6. The molecule has 0 aliphatic rings. The number of phenols is 1. The monoisotopic (exact) mass is 441 g/mol. The lowest BCUT2D eigenvalue weighted by atomic mass is 10.1. The first-order valence-corrected chi connectivity index (χ1v) is 10.1. The molecule has 1 amide bonds. The molecule has 0 atom stereocenters. The maximum atomic E-state index is 12.9. The Balaban J connectivity index is 1.80. The predicted molar refractivity (Wildman–Crippen MR) is 101 cm³/mol. The van der Waals surface area contributed by atoms with Crippen LogP contribution in [-0.4, -0.2) is 30.8 Å². The van der Waals surface area contributed by atoms with Gasteiger partial charge in [0.25, 0.3) is 5.91 Å². The van der Waals surface area contributed by atoms with Crippen LogP contribution >= 0.6 is 0 Å². The number of sulfonamides is 1. The summed E-state index contributed by atoms with van der Waals surface area (Å²) in [6.45, 7) is 0. The molecule has 0 bridgehead atoms. The first-order chi connectivity index (χ1) is 13.9. The fraction of sp³-hybridized carbons (Fsp3) is 0.111. The molecule has 0 fully saturated rings. The number of aromatic nitrogens is 1. The molecule has 30 heavy (non-hydrogen) atoms. The van der Waals surface area contributed by atoms with Crippen LogP contribution in [0.4, 0.5) is 24.5 Å². The van der Waals surface area contributed by atoms with Gasteiger partial charge in [-0.15, -0.1) is 0 Å². The van der Waals surface area contributed by atoms with E-state index in [0.717, 1.165) is 18.4 Å². The number of amides is 1. The van der Waals surface area contributed by atoms with Gasteiger partial charge in [0.05, 0.1) is 17.5 Å². The number of rotatable bonds is 5. The average Bonchev–Trinajstić information content (AvgIpc) is 3.13. The number of halogens is 3. The van der Waals surface area contributed by atoms with Crippen LogP contribution in [0.15, 0.2) is 53.1 Å². The highest BCUT2D eigenvalue weighted by Crippen LogP contribution is 2.32. The first-order valence-electron chi connectivity index (χ1n) is 8.19. The smallest absolute Gasteiger partial charge is 0.416 e. The summed E-state index contributed by atoms with van der Waals surface area (Å²) in [5, 5.41) is 15.7. The van der Waals surface area contributed by atoms with Crippen LogP contribution in [0.25, 0.3) is 11.3 Å². The molecule has 0 aliphatic heterocycles. The molecule has 0 spiro atoms. The third-order valence-electron chi connectivity index (χ3n) is 3.77. The van der Waals surface area contributed by atoms with Crippen molar-refractivity contribution in [2.45, 2.75) is 6.18 Å². The summed E-state index contributed by atoms with van der Waals surface area (Å²) in [7, 11) is -3.67. The Labute approximate surface area is 168 Å². The van der Waals surface area contributed by atoms with E-state index in [4.69, 9.17) is 4.52 Å². The molecular weight excluding hydrogens is 427 g/mol. The number of anilines is 2. The van der Waals surface area contributed by atoms with Crippen molar-refractivity contribution in [3.63, 3.8) is 0 Å². The Morgan fingerprint density at radius 1 is 1.13 bits per heavy atom. The zero-order valence-electron chi connectivity index (χ0n) is 15.2. The molecule has 158 valence electrons. The second kappa shape index (κ2) is 7.71. The third-order valence-corrected chi connectivity index (χ3v) is 4.36. The molecule has 3 aromatic rings. The molecular formula is C18H14F3N3O5S. The van der Waals surface area contributed by atoms with E-state index in [-0.39, 0.29) is 34.1 Å². The normalized spacial score (nSPS) is 11.9. The zero-order valence-corrected chi connectivity index (χ0v) is 16.0. The molecule has 1 heterocycles. The Hall–Kier alpha value is -3.54. The number of nitrogens with zero attached hydrogens (tertiary/aromatic N) is 1. The van der Waals surface area contributed by atoms with E-state index in [1.807, 2.05) is 0 Å². The molecule has 2 aromatic carbocycles. The molecule has 0 aliphatic carbocycles. The second-order valence-corrected chi connectivity index (χ2v) is 7.96.